The van der Waals surface area contributed by atoms with Gasteiger partial charge in [-0.15, -0.1) is 12.4 Å². The molecule has 20 heavy (non-hydrogen) atoms. The van der Waals surface area contributed by atoms with Crippen LogP contribution in [0.5, 0.6) is 0 Å². The molecule has 0 saturated heterocycles. The number of nitrogens with one attached hydrogen (secondary N) is 1. The summed E-state index contributed by atoms with van der Waals surface area (Å²) in [6.45, 7) is 3.60. The van der Waals surface area contributed by atoms with Crippen LogP contribution in [0.25, 0.3) is 6.08 Å². The first-order valence-electron chi connectivity index (χ1n) is 5.74. The van der Waals surface area contributed by atoms with Gasteiger partial charge in [-0.05, 0) is 31.6 Å². The Bertz CT molecular complexity index is 569. The van der Waals surface area contributed by atoms with Crippen molar-refractivity contribution in [3.05, 3.63) is 29.5 Å². The molecule has 2 heterocycles. The Hall–Kier alpha value is -1.92. The van der Waals surface area contributed by atoms with E-state index in [1.54, 1.807) is 19.9 Å². The summed E-state index contributed by atoms with van der Waals surface area (Å²) >= 11 is 0. The van der Waals surface area contributed by atoms with Gasteiger partial charge in [-0.25, -0.2) is 9.78 Å². The Morgan fingerprint density at radius 2 is 2.25 bits per heavy atom. The number of anilines is 1. The second-order valence-electron chi connectivity index (χ2n) is 4.70. The van der Waals surface area contributed by atoms with Gasteiger partial charge < -0.3 is 15.2 Å². The van der Waals surface area contributed by atoms with Crippen LogP contribution >= 0.6 is 12.4 Å². The van der Waals surface area contributed by atoms with Gasteiger partial charge in [0.25, 0.3) is 5.91 Å². The van der Waals surface area contributed by atoms with Gasteiger partial charge in [0.1, 0.15) is 11.4 Å². The van der Waals surface area contributed by atoms with E-state index in [4.69, 9.17) is 9.84 Å². The monoisotopic (exact) mass is 298 g/mol. The van der Waals surface area contributed by atoms with Gasteiger partial charge in [0.2, 0.25) is 0 Å². The van der Waals surface area contributed by atoms with E-state index in [0.29, 0.717) is 16.9 Å². The van der Waals surface area contributed by atoms with Crippen molar-refractivity contribution in [1.29, 1.82) is 0 Å². The molecule has 1 aromatic heterocycles. The number of fused-ring (bicyclic) bond motifs is 1. The van der Waals surface area contributed by atoms with Crippen molar-refractivity contribution in [2.45, 2.75) is 26.1 Å². The standard InChI is InChI=1S/C13H14N2O4.ClH/c1-13(2)12(18)15-11-9(7-19-13)5-8(6-14-11)3-4-10(16)17;/h3-6H,7H2,1-2H3,(H,16,17)(H,14,15,18);1H. The van der Waals surface area contributed by atoms with Crippen molar-refractivity contribution in [2.75, 3.05) is 5.32 Å². The first-order valence-corrected chi connectivity index (χ1v) is 5.74. The molecule has 0 saturated carbocycles. The maximum Gasteiger partial charge on any atom is 0.328 e. The Kier molecular flexibility index (Phi) is 4.86. The number of carbonyl (C=O) groups excluding carboxylic acids is 1. The van der Waals surface area contributed by atoms with Crippen molar-refractivity contribution in [2.24, 2.45) is 0 Å². The fraction of sp³-hybridized carbons (Fsp3) is 0.308. The normalized spacial score (nSPS) is 16.8. The number of hydrogen-bond donors (Lipinski definition) is 2. The molecule has 1 aromatic rings. The van der Waals surface area contributed by atoms with Crippen LogP contribution in [0.1, 0.15) is 25.0 Å². The highest BCUT2D eigenvalue weighted by Crippen LogP contribution is 2.25. The first kappa shape index (κ1) is 16.1. The number of aliphatic carboxylic acids is 1. The van der Waals surface area contributed by atoms with Crippen LogP contribution in [0.2, 0.25) is 0 Å². The van der Waals surface area contributed by atoms with E-state index in [9.17, 15) is 9.59 Å². The van der Waals surface area contributed by atoms with E-state index in [1.165, 1.54) is 12.3 Å². The third-order valence-corrected chi connectivity index (χ3v) is 2.77. The predicted octanol–water partition coefficient (Wildman–Crippen LogP) is 1.85. The molecule has 1 aliphatic heterocycles. The summed E-state index contributed by atoms with van der Waals surface area (Å²) in [7, 11) is 0. The van der Waals surface area contributed by atoms with Crippen molar-refractivity contribution >= 4 is 36.2 Å². The molecule has 0 spiro atoms. The van der Waals surface area contributed by atoms with E-state index in [1.807, 2.05) is 0 Å². The third-order valence-electron chi connectivity index (χ3n) is 2.77. The number of amides is 1. The third kappa shape index (κ3) is 3.55. The average molecular weight is 299 g/mol. The topological polar surface area (TPSA) is 88.5 Å². The fourth-order valence-electron chi connectivity index (χ4n) is 1.59. The van der Waals surface area contributed by atoms with Gasteiger partial charge in [-0.2, -0.15) is 0 Å². The minimum absolute atomic E-state index is 0. The number of carbonyl (C=O) groups is 2. The zero-order valence-corrected chi connectivity index (χ0v) is 11.9. The Labute approximate surface area is 122 Å². The lowest BCUT2D eigenvalue weighted by Gasteiger charge is -2.19. The molecule has 0 aromatic carbocycles. The summed E-state index contributed by atoms with van der Waals surface area (Å²) in [6.07, 6.45) is 3.97. The van der Waals surface area contributed by atoms with E-state index in [2.05, 4.69) is 10.3 Å². The number of hydrogen-bond acceptors (Lipinski definition) is 4. The molecule has 0 atom stereocenters. The molecule has 0 unspecified atom stereocenters. The second kappa shape index (κ2) is 6.02. The molecule has 0 fully saturated rings. The number of ether oxygens (including phenoxy) is 1. The van der Waals surface area contributed by atoms with Crippen LogP contribution in [0.15, 0.2) is 18.3 Å². The summed E-state index contributed by atoms with van der Waals surface area (Å²) in [6, 6.07) is 1.74. The van der Waals surface area contributed by atoms with Crippen LogP contribution in [0.4, 0.5) is 5.82 Å². The number of nitrogens with zero attached hydrogens (tertiary/aromatic N) is 1. The smallest absolute Gasteiger partial charge is 0.328 e. The molecule has 2 rings (SSSR count). The molecule has 0 bridgehead atoms. The number of carboxylic acid groups (broad SMARTS) is 1. The lowest BCUT2D eigenvalue weighted by molar-refractivity contribution is -0.137. The summed E-state index contributed by atoms with van der Waals surface area (Å²) in [5.41, 5.74) is 0.433. The molecule has 108 valence electrons. The van der Waals surface area contributed by atoms with Gasteiger partial charge in [0, 0.05) is 17.8 Å². The molecule has 7 heteroatoms. The quantitative estimate of drug-likeness (QED) is 0.813. The Morgan fingerprint density at radius 1 is 1.55 bits per heavy atom. The van der Waals surface area contributed by atoms with Gasteiger partial charge >= 0.3 is 5.97 Å². The summed E-state index contributed by atoms with van der Waals surface area (Å²) in [4.78, 5) is 26.4. The molecular weight excluding hydrogens is 284 g/mol. The van der Waals surface area contributed by atoms with Crippen LogP contribution in [-0.2, 0) is 20.9 Å². The number of pyridine rings is 1. The number of halogens is 1. The first-order chi connectivity index (χ1) is 8.88. The maximum absolute atomic E-state index is 11.8. The number of rotatable bonds is 2. The van der Waals surface area contributed by atoms with Gasteiger partial charge in [0.05, 0.1) is 6.61 Å². The van der Waals surface area contributed by atoms with Gasteiger partial charge in [-0.3, -0.25) is 4.79 Å². The van der Waals surface area contributed by atoms with Crippen LogP contribution < -0.4 is 5.32 Å². The van der Waals surface area contributed by atoms with Crippen molar-refractivity contribution < 1.29 is 19.4 Å². The number of aromatic nitrogens is 1. The van der Waals surface area contributed by atoms with Gasteiger partial charge in [-0.1, -0.05) is 0 Å². The zero-order chi connectivity index (χ0) is 14.0. The molecule has 6 nitrogen and oxygen atoms in total. The van der Waals surface area contributed by atoms with Crippen molar-refractivity contribution in [3.8, 4) is 0 Å². The largest absolute Gasteiger partial charge is 0.478 e. The number of carboxylic acids is 1. The minimum atomic E-state index is -1.03. The van der Waals surface area contributed by atoms with Crippen molar-refractivity contribution in [1.82, 2.24) is 4.98 Å². The highest BCUT2D eigenvalue weighted by atomic mass is 35.5. The lowest BCUT2D eigenvalue weighted by atomic mass is 10.1. The average Bonchev–Trinajstić information content (AvgIpc) is 2.45. The SMILES string of the molecule is CC1(C)OCc2cc(C=CC(=O)O)cnc2NC1=O.Cl. The highest BCUT2D eigenvalue weighted by Gasteiger charge is 2.32. The summed E-state index contributed by atoms with van der Waals surface area (Å²) in [5, 5.41) is 11.3. The van der Waals surface area contributed by atoms with E-state index in [-0.39, 0.29) is 24.9 Å². The zero-order valence-electron chi connectivity index (χ0n) is 11.0. The maximum atomic E-state index is 11.8. The summed E-state index contributed by atoms with van der Waals surface area (Å²) in [5.74, 6) is -0.837. The molecular formula is C13H15ClN2O4. The minimum Gasteiger partial charge on any atom is -0.478 e. The Balaban J connectivity index is 0.00000200. The molecule has 1 amide bonds. The van der Waals surface area contributed by atoms with Crippen LogP contribution in [0.3, 0.4) is 0 Å². The highest BCUT2D eigenvalue weighted by molar-refractivity contribution is 5.97. The fourth-order valence-corrected chi connectivity index (χ4v) is 1.59. The summed E-state index contributed by atoms with van der Waals surface area (Å²) < 4.78 is 5.52. The van der Waals surface area contributed by atoms with Gasteiger partial charge in [0.15, 0.2) is 0 Å². The molecule has 0 aliphatic carbocycles. The second-order valence-corrected chi connectivity index (χ2v) is 4.70. The van der Waals surface area contributed by atoms with Crippen molar-refractivity contribution in [3.63, 3.8) is 0 Å². The van der Waals surface area contributed by atoms with Crippen LogP contribution in [-0.4, -0.2) is 27.6 Å². The van der Waals surface area contributed by atoms with E-state index >= 15 is 0 Å². The molecule has 2 N–H and O–H groups in total. The Morgan fingerprint density at radius 3 is 2.90 bits per heavy atom. The van der Waals surface area contributed by atoms with E-state index in [0.717, 1.165) is 6.08 Å². The van der Waals surface area contributed by atoms with E-state index < -0.39 is 11.6 Å². The molecule has 0 radical (unpaired) electrons. The lowest BCUT2D eigenvalue weighted by Crippen LogP contribution is -2.38. The van der Waals surface area contributed by atoms with Crippen LogP contribution in [0, 0.1) is 0 Å². The molecule has 1 aliphatic rings. The predicted molar refractivity (Wildman–Crippen MR) is 75.7 cm³/mol.